The van der Waals surface area contributed by atoms with Gasteiger partial charge in [0.1, 0.15) is 0 Å². The normalized spacial score (nSPS) is 10.6. The molecule has 0 spiro atoms. The van der Waals surface area contributed by atoms with E-state index in [1.54, 1.807) is 36.8 Å². The molecule has 0 aliphatic rings. The number of carbonyl (C=O) groups is 1. The minimum absolute atomic E-state index is 0.124. The number of para-hydroxylation sites is 2. The highest BCUT2D eigenvalue weighted by atomic mass is 32.1. The zero-order valence-corrected chi connectivity index (χ0v) is 12.6. The second-order valence-corrected chi connectivity index (χ2v) is 5.15. The first-order valence-corrected chi connectivity index (χ1v) is 7.20. The molecule has 0 bridgehead atoms. The van der Waals surface area contributed by atoms with Crippen molar-refractivity contribution in [3.8, 4) is 11.5 Å². The van der Waals surface area contributed by atoms with Gasteiger partial charge in [-0.2, -0.15) is 5.10 Å². The molecule has 1 aromatic carbocycles. The molecule has 0 aliphatic heterocycles. The summed E-state index contributed by atoms with van der Waals surface area (Å²) in [6, 6.07) is 9.15. The van der Waals surface area contributed by atoms with E-state index in [-0.39, 0.29) is 12.5 Å². The van der Waals surface area contributed by atoms with Crippen LogP contribution in [0.4, 0.5) is 0 Å². The molecule has 110 valence electrons. The van der Waals surface area contributed by atoms with Crippen LogP contribution >= 0.6 is 11.3 Å². The standard InChI is InChI=1S/C15H16N2O3S/c1-11-7-8-21-14(11)9-16-17-15(18)10-20-13-6-4-3-5-12(13)19-2/h3-9H,10H2,1-2H3,(H,17,18)/b16-9+. The first-order chi connectivity index (χ1) is 10.2. The Morgan fingerprint density at radius 3 is 2.76 bits per heavy atom. The molecule has 0 aliphatic carbocycles. The van der Waals surface area contributed by atoms with E-state index in [0.717, 1.165) is 10.4 Å². The quantitative estimate of drug-likeness (QED) is 0.659. The Bertz CT molecular complexity index is 637. The number of hydrogen-bond acceptors (Lipinski definition) is 5. The summed E-state index contributed by atoms with van der Waals surface area (Å²) in [5.74, 6) is 0.780. The highest BCUT2D eigenvalue weighted by Crippen LogP contribution is 2.25. The summed E-state index contributed by atoms with van der Waals surface area (Å²) in [6.07, 6.45) is 1.63. The van der Waals surface area contributed by atoms with E-state index in [4.69, 9.17) is 9.47 Å². The maximum atomic E-state index is 11.6. The molecular formula is C15H16N2O3S. The minimum atomic E-state index is -0.327. The van der Waals surface area contributed by atoms with E-state index >= 15 is 0 Å². The maximum absolute atomic E-state index is 11.6. The first-order valence-electron chi connectivity index (χ1n) is 6.32. The fourth-order valence-corrected chi connectivity index (χ4v) is 2.38. The molecule has 2 rings (SSSR count). The molecule has 21 heavy (non-hydrogen) atoms. The first kappa shape index (κ1) is 15.1. The van der Waals surface area contributed by atoms with Crippen LogP contribution in [0.3, 0.4) is 0 Å². The number of nitrogens with zero attached hydrogens (tertiary/aromatic N) is 1. The molecule has 2 aromatic rings. The van der Waals surface area contributed by atoms with Crippen molar-refractivity contribution < 1.29 is 14.3 Å². The van der Waals surface area contributed by atoms with Gasteiger partial charge in [0.2, 0.25) is 0 Å². The van der Waals surface area contributed by atoms with Crippen molar-refractivity contribution >= 4 is 23.5 Å². The lowest BCUT2D eigenvalue weighted by atomic mass is 10.3. The van der Waals surface area contributed by atoms with Gasteiger partial charge in [-0.3, -0.25) is 4.79 Å². The summed E-state index contributed by atoms with van der Waals surface area (Å²) in [6.45, 7) is 1.87. The van der Waals surface area contributed by atoms with E-state index in [1.165, 1.54) is 0 Å². The zero-order chi connectivity index (χ0) is 15.1. The molecule has 0 radical (unpaired) electrons. The fraction of sp³-hybridized carbons (Fsp3) is 0.200. The minimum Gasteiger partial charge on any atom is -0.493 e. The molecule has 1 aromatic heterocycles. The number of methoxy groups -OCH3 is 1. The van der Waals surface area contributed by atoms with Crippen molar-refractivity contribution in [1.29, 1.82) is 0 Å². The highest BCUT2D eigenvalue weighted by Gasteiger charge is 2.06. The third kappa shape index (κ3) is 4.32. The van der Waals surface area contributed by atoms with Gasteiger partial charge >= 0.3 is 0 Å². The molecule has 1 heterocycles. The molecule has 0 saturated carbocycles. The predicted octanol–water partition coefficient (Wildman–Crippen LogP) is 2.59. The second-order valence-electron chi connectivity index (χ2n) is 4.20. The van der Waals surface area contributed by atoms with Gasteiger partial charge in [-0.15, -0.1) is 11.3 Å². The SMILES string of the molecule is COc1ccccc1OCC(=O)N/N=C/c1sccc1C. The number of amides is 1. The lowest BCUT2D eigenvalue weighted by Crippen LogP contribution is -2.24. The number of benzene rings is 1. The van der Waals surface area contributed by atoms with Crippen LogP contribution in [0.25, 0.3) is 0 Å². The summed E-state index contributed by atoms with van der Waals surface area (Å²) in [7, 11) is 1.55. The molecule has 6 heteroatoms. The Morgan fingerprint density at radius 2 is 2.10 bits per heavy atom. The number of carbonyl (C=O) groups excluding carboxylic acids is 1. The second kappa shape index (κ2) is 7.44. The van der Waals surface area contributed by atoms with Crippen molar-refractivity contribution in [3.63, 3.8) is 0 Å². The van der Waals surface area contributed by atoms with Gasteiger partial charge in [-0.1, -0.05) is 12.1 Å². The number of hydrazone groups is 1. The number of ether oxygens (including phenoxy) is 2. The van der Waals surface area contributed by atoms with Crippen LogP contribution in [0.15, 0.2) is 40.8 Å². The number of thiophene rings is 1. The largest absolute Gasteiger partial charge is 0.493 e. The van der Waals surface area contributed by atoms with Crippen LogP contribution in [0.2, 0.25) is 0 Å². The van der Waals surface area contributed by atoms with Crippen molar-refractivity contribution in [3.05, 3.63) is 46.2 Å². The maximum Gasteiger partial charge on any atom is 0.277 e. The van der Waals surface area contributed by atoms with E-state index in [9.17, 15) is 4.79 Å². The molecule has 0 atom stereocenters. The Labute approximate surface area is 127 Å². The van der Waals surface area contributed by atoms with Crippen molar-refractivity contribution in [2.75, 3.05) is 13.7 Å². The van der Waals surface area contributed by atoms with E-state index in [0.29, 0.717) is 11.5 Å². The van der Waals surface area contributed by atoms with Crippen LogP contribution in [-0.4, -0.2) is 25.8 Å². The molecule has 0 unspecified atom stereocenters. The smallest absolute Gasteiger partial charge is 0.277 e. The predicted molar refractivity (Wildman–Crippen MR) is 83.3 cm³/mol. The van der Waals surface area contributed by atoms with Gasteiger partial charge in [0.15, 0.2) is 18.1 Å². The Kier molecular flexibility index (Phi) is 5.34. The monoisotopic (exact) mass is 304 g/mol. The van der Waals surface area contributed by atoms with Gasteiger partial charge in [-0.25, -0.2) is 5.43 Å². The lowest BCUT2D eigenvalue weighted by molar-refractivity contribution is -0.123. The van der Waals surface area contributed by atoms with Gasteiger partial charge in [0.05, 0.1) is 13.3 Å². The van der Waals surface area contributed by atoms with E-state index in [1.807, 2.05) is 30.5 Å². The average Bonchev–Trinajstić information content (AvgIpc) is 2.91. The van der Waals surface area contributed by atoms with Crippen LogP contribution in [0.5, 0.6) is 11.5 Å². The van der Waals surface area contributed by atoms with Gasteiger partial charge in [-0.05, 0) is 36.1 Å². The lowest BCUT2D eigenvalue weighted by Gasteiger charge is -2.09. The van der Waals surface area contributed by atoms with E-state index < -0.39 is 0 Å². The highest BCUT2D eigenvalue weighted by molar-refractivity contribution is 7.11. The number of hydrogen-bond donors (Lipinski definition) is 1. The summed E-state index contributed by atoms with van der Waals surface area (Å²) >= 11 is 1.57. The van der Waals surface area contributed by atoms with Gasteiger partial charge in [0.25, 0.3) is 5.91 Å². The number of nitrogens with one attached hydrogen (secondary N) is 1. The van der Waals surface area contributed by atoms with Crippen molar-refractivity contribution in [1.82, 2.24) is 5.43 Å². The number of aryl methyl sites for hydroxylation is 1. The van der Waals surface area contributed by atoms with Gasteiger partial charge in [0, 0.05) is 4.88 Å². The third-order valence-electron chi connectivity index (χ3n) is 2.70. The topological polar surface area (TPSA) is 59.9 Å². The van der Waals surface area contributed by atoms with Crippen LogP contribution in [0.1, 0.15) is 10.4 Å². The molecule has 1 amide bonds. The Morgan fingerprint density at radius 1 is 1.33 bits per heavy atom. The van der Waals surface area contributed by atoms with Crippen molar-refractivity contribution in [2.24, 2.45) is 5.10 Å². The zero-order valence-electron chi connectivity index (χ0n) is 11.8. The summed E-state index contributed by atoms with van der Waals surface area (Å²) in [4.78, 5) is 12.7. The van der Waals surface area contributed by atoms with Crippen LogP contribution < -0.4 is 14.9 Å². The van der Waals surface area contributed by atoms with Crippen LogP contribution in [-0.2, 0) is 4.79 Å². The number of rotatable bonds is 6. The average molecular weight is 304 g/mol. The van der Waals surface area contributed by atoms with E-state index in [2.05, 4.69) is 10.5 Å². The fourth-order valence-electron chi connectivity index (χ4n) is 1.59. The van der Waals surface area contributed by atoms with Crippen molar-refractivity contribution in [2.45, 2.75) is 6.92 Å². The molecule has 1 N–H and O–H groups in total. The summed E-state index contributed by atoms with van der Waals surface area (Å²) in [5, 5.41) is 5.88. The Balaban J connectivity index is 1.82. The van der Waals surface area contributed by atoms with Gasteiger partial charge < -0.3 is 9.47 Å². The molecule has 0 fully saturated rings. The summed E-state index contributed by atoms with van der Waals surface area (Å²) in [5.41, 5.74) is 3.56. The molecule has 0 saturated heterocycles. The molecule has 5 nitrogen and oxygen atoms in total. The van der Waals surface area contributed by atoms with Crippen LogP contribution in [0, 0.1) is 6.92 Å². The third-order valence-corrected chi connectivity index (χ3v) is 3.65. The summed E-state index contributed by atoms with van der Waals surface area (Å²) < 4.78 is 10.5. The Hall–Kier alpha value is -2.34. The molecular weight excluding hydrogens is 288 g/mol.